The van der Waals surface area contributed by atoms with Crippen LogP contribution >= 0.6 is 0 Å². The molecular formula is C9H14N2O. The second-order valence-electron chi connectivity index (χ2n) is 3.30. The van der Waals surface area contributed by atoms with Crippen molar-refractivity contribution in [2.75, 3.05) is 0 Å². The average Bonchev–Trinajstić information content (AvgIpc) is 2.30. The highest BCUT2D eigenvalue weighted by atomic mass is 16.1. The monoisotopic (exact) mass is 166 g/mol. The van der Waals surface area contributed by atoms with Crippen LogP contribution in [0.4, 0.5) is 0 Å². The van der Waals surface area contributed by atoms with Crippen LogP contribution in [0.25, 0.3) is 0 Å². The zero-order chi connectivity index (χ0) is 9.30. The average molecular weight is 166 g/mol. The summed E-state index contributed by atoms with van der Waals surface area (Å²) in [6, 6.07) is 0. The van der Waals surface area contributed by atoms with Gasteiger partial charge in [-0.2, -0.15) is 0 Å². The molecule has 66 valence electrons. The number of Topliss-reactive ketones (excluding diaryl/α,β-unsaturated/α-hetero) is 1. The van der Waals surface area contributed by atoms with Gasteiger partial charge in [-0.1, -0.05) is 13.8 Å². The summed E-state index contributed by atoms with van der Waals surface area (Å²) >= 11 is 0. The van der Waals surface area contributed by atoms with Crippen LogP contribution < -0.4 is 0 Å². The highest BCUT2D eigenvalue weighted by molar-refractivity contribution is 5.93. The normalized spacial score (nSPS) is 10.8. The third-order valence-corrected chi connectivity index (χ3v) is 1.86. The minimum atomic E-state index is 0.0410. The summed E-state index contributed by atoms with van der Waals surface area (Å²) in [6.07, 6.45) is 1.69. The maximum atomic E-state index is 11.1. The smallest absolute Gasteiger partial charge is 0.179 e. The van der Waals surface area contributed by atoms with Crippen molar-refractivity contribution < 1.29 is 4.79 Å². The van der Waals surface area contributed by atoms with Crippen LogP contribution in [0, 0.1) is 0 Å². The van der Waals surface area contributed by atoms with Gasteiger partial charge in [0, 0.05) is 14.0 Å². The molecule has 1 aromatic heterocycles. The first-order valence-corrected chi connectivity index (χ1v) is 4.06. The van der Waals surface area contributed by atoms with E-state index in [0.29, 0.717) is 11.6 Å². The highest BCUT2D eigenvalue weighted by Crippen LogP contribution is 2.17. The van der Waals surface area contributed by atoms with E-state index in [2.05, 4.69) is 18.8 Å². The third-order valence-electron chi connectivity index (χ3n) is 1.86. The zero-order valence-electron chi connectivity index (χ0n) is 7.96. The molecule has 0 amide bonds. The van der Waals surface area contributed by atoms with E-state index in [0.717, 1.165) is 5.69 Å². The predicted octanol–water partition coefficient (Wildman–Crippen LogP) is 1.75. The Labute approximate surface area is 72.4 Å². The molecule has 0 aliphatic carbocycles. The first-order chi connectivity index (χ1) is 5.54. The van der Waals surface area contributed by atoms with Crippen molar-refractivity contribution in [3.8, 4) is 0 Å². The van der Waals surface area contributed by atoms with E-state index in [1.165, 1.54) is 0 Å². The molecule has 1 aromatic rings. The molecular weight excluding hydrogens is 152 g/mol. The minimum Gasteiger partial charge on any atom is -0.337 e. The molecule has 0 bridgehead atoms. The topological polar surface area (TPSA) is 34.9 Å². The lowest BCUT2D eigenvalue weighted by Gasteiger charge is -2.06. The van der Waals surface area contributed by atoms with E-state index < -0.39 is 0 Å². The lowest BCUT2D eigenvalue weighted by Crippen LogP contribution is -2.04. The van der Waals surface area contributed by atoms with Crippen molar-refractivity contribution in [3.05, 3.63) is 17.7 Å². The number of ketones is 1. The van der Waals surface area contributed by atoms with Crippen molar-refractivity contribution in [1.82, 2.24) is 9.55 Å². The maximum Gasteiger partial charge on any atom is 0.179 e. The summed E-state index contributed by atoms with van der Waals surface area (Å²) in [4.78, 5) is 15.2. The van der Waals surface area contributed by atoms with Gasteiger partial charge in [-0.25, -0.2) is 4.98 Å². The second-order valence-corrected chi connectivity index (χ2v) is 3.30. The van der Waals surface area contributed by atoms with E-state index in [1.54, 1.807) is 13.3 Å². The van der Waals surface area contributed by atoms with Gasteiger partial charge in [0.25, 0.3) is 0 Å². The molecule has 0 aromatic carbocycles. The summed E-state index contributed by atoms with van der Waals surface area (Å²) in [6.45, 7) is 5.67. The molecule has 0 saturated carbocycles. The molecule has 0 unspecified atom stereocenters. The standard InChI is InChI=1S/C9H14N2O/c1-6(2)9-8(7(3)12)10-5-11(9)4/h5-6H,1-4H3. The molecule has 0 radical (unpaired) electrons. The number of aromatic nitrogens is 2. The highest BCUT2D eigenvalue weighted by Gasteiger charge is 2.15. The van der Waals surface area contributed by atoms with Gasteiger partial charge in [0.05, 0.1) is 12.0 Å². The second kappa shape index (κ2) is 3.09. The fourth-order valence-corrected chi connectivity index (χ4v) is 1.39. The lowest BCUT2D eigenvalue weighted by molar-refractivity contribution is 0.101. The first-order valence-electron chi connectivity index (χ1n) is 4.06. The Kier molecular flexibility index (Phi) is 2.31. The minimum absolute atomic E-state index is 0.0410. The quantitative estimate of drug-likeness (QED) is 0.627. The Hall–Kier alpha value is -1.12. The van der Waals surface area contributed by atoms with Gasteiger partial charge in [0.1, 0.15) is 5.69 Å². The number of imidazole rings is 1. The van der Waals surface area contributed by atoms with Crippen molar-refractivity contribution in [1.29, 1.82) is 0 Å². The molecule has 1 rings (SSSR count). The number of aryl methyl sites for hydroxylation is 1. The Morgan fingerprint density at radius 3 is 2.50 bits per heavy atom. The fourth-order valence-electron chi connectivity index (χ4n) is 1.39. The van der Waals surface area contributed by atoms with Crippen molar-refractivity contribution in [3.63, 3.8) is 0 Å². The molecule has 3 heteroatoms. The van der Waals surface area contributed by atoms with Crippen molar-refractivity contribution in [2.45, 2.75) is 26.7 Å². The van der Waals surface area contributed by atoms with Crippen LogP contribution in [-0.4, -0.2) is 15.3 Å². The lowest BCUT2D eigenvalue weighted by atomic mass is 10.1. The molecule has 12 heavy (non-hydrogen) atoms. The maximum absolute atomic E-state index is 11.1. The van der Waals surface area contributed by atoms with Gasteiger partial charge in [-0.3, -0.25) is 4.79 Å². The number of nitrogens with zero attached hydrogens (tertiary/aromatic N) is 2. The number of hydrogen-bond acceptors (Lipinski definition) is 2. The van der Waals surface area contributed by atoms with E-state index >= 15 is 0 Å². The number of rotatable bonds is 2. The van der Waals surface area contributed by atoms with E-state index in [4.69, 9.17) is 0 Å². The first kappa shape index (κ1) is 8.97. The molecule has 0 fully saturated rings. The molecule has 0 aliphatic heterocycles. The summed E-state index contributed by atoms with van der Waals surface area (Å²) < 4.78 is 1.90. The Morgan fingerprint density at radius 2 is 2.17 bits per heavy atom. The van der Waals surface area contributed by atoms with Crippen LogP contribution in [-0.2, 0) is 7.05 Å². The molecule has 0 aliphatic rings. The Bertz CT molecular complexity index is 299. The molecule has 1 heterocycles. The number of hydrogen-bond donors (Lipinski definition) is 0. The largest absolute Gasteiger partial charge is 0.337 e. The van der Waals surface area contributed by atoms with Crippen LogP contribution in [0.3, 0.4) is 0 Å². The van der Waals surface area contributed by atoms with Gasteiger partial charge in [0.15, 0.2) is 5.78 Å². The number of carbonyl (C=O) groups excluding carboxylic acids is 1. The molecule has 0 atom stereocenters. The van der Waals surface area contributed by atoms with Crippen molar-refractivity contribution >= 4 is 5.78 Å². The van der Waals surface area contributed by atoms with Crippen LogP contribution in [0.1, 0.15) is 42.9 Å². The zero-order valence-corrected chi connectivity index (χ0v) is 7.96. The predicted molar refractivity (Wildman–Crippen MR) is 47.3 cm³/mol. The Morgan fingerprint density at radius 1 is 1.58 bits per heavy atom. The molecule has 0 spiro atoms. The van der Waals surface area contributed by atoms with Gasteiger partial charge in [-0.15, -0.1) is 0 Å². The van der Waals surface area contributed by atoms with E-state index in [-0.39, 0.29) is 5.78 Å². The van der Waals surface area contributed by atoms with Gasteiger partial charge in [0.2, 0.25) is 0 Å². The summed E-state index contributed by atoms with van der Waals surface area (Å²) in [5.74, 6) is 0.385. The fraction of sp³-hybridized carbons (Fsp3) is 0.556. The van der Waals surface area contributed by atoms with Gasteiger partial charge < -0.3 is 4.57 Å². The SMILES string of the molecule is CC(=O)c1ncn(C)c1C(C)C. The van der Waals surface area contributed by atoms with E-state index in [1.807, 2.05) is 11.6 Å². The number of carbonyl (C=O) groups is 1. The molecule has 3 nitrogen and oxygen atoms in total. The Balaban J connectivity index is 3.21. The molecule has 0 saturated heterocycles. The third kappa shape index (κ3) is 1.40. The van der Waals surface area contributed by atoms with Crippen LogP contribution in [0.15, 0.2) is 6.33 Å². The van der Waals surface area contributed by atoms with Gasteiger partial charge in [-0.05, 0) is 5.92 Å². The van der Waals surface area contributed by atoms with Crippen molar-refractivity contribution in [2.24, 2.45) is 7.05 Å². The van der Waals surface area contributed by atoms with Crippen LogP contribution in [0.5, 0.6) is 0 Å². The summed E-state index contributed by atoms with van der Waals surface area (Å²) in [5, 5.41) is 0. The summed E-state index contributed by atoms with van der Waals surface area (Å²) in [5.41, 5.74) is 1.62. The molecule has 0 N–H and O–H groups in total. The van der Waals surface area contributed by atoms with E-state index in [9.17, 15) is 4.79 Å². The van der Waals surface area contributed by atoms with Gasteiger partial charge >= 0.3 is 0 Å². The summed E-state index contributed by atoms with van der Waals surface area (Å²) in [7, 11) is 1.91. The van der Waals surface area contributed by atoms with Crippen LogP contribution in [0.2, 0.25) is 0 Å².